The molecule has 2 fully saturated rings. The van der Waals surface area contributed by atoms with Crippen LogP contribution in [-0.2, 0) is 11.2 Å². The first-order valence-electron chi connectivity index (χ1n) is 10.3. The highest BCUT2D eigenvalue weighted by molar-refractivity contribution is 5.74. The van der Waals surface area contributed by atoms with E-state index in [9.17, 15) is 0 Å². The molecule has 0 spiro atoms. The minimum atomic E-state index is 0.373. The molecule has 3 heterocycles. The number of hydrogen-bond acceptors (Lipinski definition) is 5. The van der Waals surface area contributed by atoms with Crippen molar-refractivity contribution in [3.05, 3.63) is 48.1 Å². The van der Waals surface area contributed by atoms with Crippen molar-refractivity contribution >= 4 is 11.0 Å². The zero-order chi connectivity index (χ0) is 19.3. The van der Waals surface area contributed by atoms with Crippen molar-refractivity contribution in [2.75, 3.05) is 7.11 Å². The molecule has 2 bridgehead atoms. The Morgan fingerprint density at radius 3 is 2.86 bits per heavy atom. The van der Waals surface area contributed by atoms with Gasteiger partial charge in [0.15, 0.2) is 0 Å². The van der Waals surface area contributed by atoms with E-state index in [0.29, 0.717) is 36.3 Å². The number of fused-ring (bicyclic) bond motifs is 3. The molecule has 2 saturated carbocycles. The normalized spacial score (nSPS) is 26.6. The van der Waals surface area contributed by atoms with E-state index in [-0.39, 0.29) is 0 Å². The van der Waals surface area contributed by atoms with Gasteiger partial charge in [-0.1, -0.05) is 0 Å². The smallest absolute Gasteiger partial charge is 0.132 e. The van der Waals surface area contributed by atoms with Crippen LogP contribution < -0.4 is 0 Å². The van der Waals surface area contributed by atoms with Gasteiger partial charge in [-0.2, -0.15) is 0 Å². The van der Waals surface area contributed by atoms with Crippen LogP contribution in [-0.4, -0.2) is 37.7 Å². The van der Waals surface area contributed by atoms with E-state index in [1.807, 2.05) is 31.9 Å². The van der Waals surface area contributed by atoms with E-state index in [4.69, 9.17) is 9.72 Å². The second-order valence-corrected chi connectivity index (χ2v) is 8.54. The average Bonchev–Trinajstić information content (AvgIpc) is 3.39. The van der Waals surface area contributed by atoms with Gasteiger partial charge in [0.05, 0.1) is 29.8 Å². The molecule has 3 aromatic heterocycles. The van der Waals surface area contributed by atoms with Crippen LogP contribution in [0.25, 0.3) is 11.0 Å². The van der Waals surface area contributed by atoms with Gasteiger partial charge in [0.25, 0.3) is 0 Å². The number of pyridine rings is 1. The summed E-state index contributed by atoms with van der Waals surface area (Å²) in [5, 5.41) is 0. The van der Waals surface area contributed by atoms with Crippen molar-refractivity contribution in [2.24, 2.45) is 11.8 Å². The zero-order valence-electron chi connectivity index (χ0n) is 16.7. The van der Waals surface area contributed by atoms with E-state index in [1.54, 1.807) is 0 Å². The highest BCUT2D eigenvalue weighted by Gasteiger charge is 2.49. The molecule has 0 aromatic carbocycles. The lowest BCUT2D eigenvalue weighted by molar-refractivity contribution is 0.0643. The number of ether oxygens (including phenoxy) is 1. The Bertz CT molecular complexity index is 998. The predicted molar refractivity (Wildman–Crippen MR) is 107 cm³/mol. The van der Waals surface area contributed by atoms with Gasteiger partial charge >= 0.3 is 0 Å². The number of hydrogen-bond donors (Lipinski definition) is 0. The van der Waals surface area contributed by atoms with Crippen LogP contribution in [0.2, 0.25) is 0 Å². The molecule has 28 heavy (non-hydrogen) atoms. The number of imidazole rings is 1. The Hall–Kier alpha value is -2.34. The number of methoxy groups -OCH3 is 1. The predicted octanol–water partition coefficient (Wildman–Crippen LogP) is 3.92. The summed E-state index contributed by atoms with van der Waals surface area (Å²) in [5.74, 6) is 2.66. The maximum atomic E-state index is 5.77. The summed E-state index contributed by atoms with van der Waals surface area (Å²) < 4.78 is 7.95. The molecule has 0 amide bonds. The van der Waals surface area contributed by atoms with Gasteiger partial charge in [-0.05, 0) is 57.1 Å². The molecule has 6 heteroatoms. The topological polar surface area (TPSA) is 65.7 Å². The summed E-state index contributed by atoms with van der Waals surface area (Å²) >= 11 is 0. The Balaban J connectivity index is 1.40. The molecule has 5 rings (SSSR count). The van der Waals surface area contributed by atoms with Gasteiger partial charge < -0.3 is 9.30 Å². The quantitative estimate of drug-likeness (QED) is 0.674. The summed E-state index contributed by atoms with van der Waals surface area (Å²) in [6.45, 7) is 4.33. The van der Waals surface area contributed by atoms with Gasteiger partial charge in [0.1, 0.15) is 11.3 Å². The summed E-state index contributed by atoms with van der Waals surface area (Å²) in [7, 11) is 1.85. The van der Waals surface area contributed by atoms with E-state index < -0.39 is 0 Å². The van der Waals surface area contributed by atoms with Crippen molar-refractivity contribution in [1.29, 1.82) is 0 Å². The molecule has 4 atom stereocenters. The van der Waals surface area contributed by atoms with Gasteiger partial charge in [-0.15, -0.1) is 0 Å². The third-order valence-electron chi connectivity index (χ3n) is 6.60. The van der Waals surface area contributed by atoms with Gasteiger partial charge in [-0.3, -0.25) is 4.98 Å². The maximum Gasteiger partial charge on any atom is 0.132 e. The molecule has 0 aliphatic heterocycles. The minimum Gasteiger partial charge on any atom is -0.381 e. The molecular weight excluding hydrogens is 350 g/mol. The molecule has 0 saturated heterocycles. The number of nitrogens with zero attached hydrogens (tertiary/aromatic N) is 5. The lowest BCUT2D eigenvalue weighted by Gasteiger charge is -2.20. The molecule has 0 radical (unpaired) electrons. The Kier molecular flexibility index (Phi) is 4.38. The lowest BCUT2D eigenvalue weighted by atomic mass is 9.88. The Morgan fingerprint density at radius 1 is 1.18 bits per heavy atom. The molecule has 4 unspecified atom stereocenters. The fourth-order valence-corrected chi connectivity index (χ4v) is 5.29. The average molecular weight is 377 g/mol. The van der Waals surface area contributed by atoms with Gasteiger partial charge in [0.2, 0.25) is 0 Å². The Labute approximate surface area is 165 Å². The van der Waals surface area contributed by atoms with E-state index >= 15 is 0 Å². The Morgan fingerprint density at radius 2 is 2.07 bits per heavy atom. The van der Waals surface area contributed by atoms with E-state index in [0.717, 1.165) is 34.7 Å². The van der Waals surface area contributed by atoms with Crippen LogP contribution in [0.4, 0.5) is 0 Å². The fourth-order valence-electron chi connectivity index (χ4n) is 5.29. The second-order valence-electron chi connectivity index (χ2n) is 8.54. The number of rotatable bonds is 5. The summed E-state index contributed by atoms with van der Waals surface area (Å²) in [4.78, 5) is 18.6. The van der Waals surface area contributed by atoms with Crippen LogP contribution in [0, 0.1) is 11.8 Å². The maximum absolute atomic E-state index is 5.77. The molecule has 2 aliphatic carbocycles. The number of aromatic nitrogens is 5. The summed E-state index contributed by atoms with van der Waals surface area (Å²) in [6.07, 6.45) is 10.4. The first-order chi connectivity index (χ1) is 13.6. The van der Waals surface area contributed by atoms with Crippen LogP contribution in [0.3, 0.4) is 0 Å². The van der Waals surface area contributed by atoms with Gasteiger partial charge in [-0.25, -0.2) is 15.0 Å². The van der Waals surface area contributed by atoms with Crippen molar-refractivity contribution in [1.82, 2.24) is 24.5 Å². The molecule has 146 valence electrons. The molecule has 0 N–H and O–H groups in total. The molecule has 6 nitrogen and oxygen atoms in total. The first-order valence-corrected chi connectivity index (χ1v) is 10.3. The minimum absolute atomic E-state index is 0.373. The molecular formula is C22H27N5O. The monoisotopic (exact) mass is 377 g/mol. The summed E-state index contributed by atoms with van der Waals surface area (Å²) in [6, 6.07) is 4.52. The van der Waals surface area contributed by atoms with Crippen LogP contribution >= 0.6 is 0 Å². The standard InChI is InChI=1S/C22H27N5O/c1-13(2)27-12-25-19-11-24-16(10-20(19)27)9-15-6-7-23-22(26-15)18-8-14-4-5-17(18)21(14)28-3/h6-7,10-14,17-18,21H,4-5,8-9H2,1-3H3. The zero-order valence-corrected chi connectivity index (χ0v) is 16.7. The van der Waals surface area contributed by atoms with Crippen LogP contribution in [0.15, 0.2) is 30.9 Å². The lowest BCUT2D eigenvalue weighted by Crippen LogP contribution is -2.19. The molecule has 2 aliphatic rings. The van der Waals surface area contributed by atoms with Crippen LogP contribution in [0.5, 0.6) is 0 Å². The van der Waals surface area contributed by atoms with Crippen molar-refractivity contribution in [2.45, 2.75) is 57.6 Å². The molecule has 3 aromatic rings. The van der Waals surface area contributed by atoms with Crippen molar-refractivity contribution < 1.29 is 4.74 Å². The highest BCUT2D eigenvalue weighted by Crippen LogP contribution is 2.53. The van der Waals surface area contributed by atoms with E-state index in [2.05, 4.69) is 39.4 Å². The largest absolute Gasteiger partial charge is 0.381 e. The third kappa shape index (κ3) is 2.91. The van der Waals surface area contributed by atoms with Crippen molar-refractivity contribution in [3.63, 3.8) is 0 Å². The SMILES string of the molecule is COC1C2CCC1C(c1nccc(Cc3cc4c(cn3)ncn4C(C)C)n1)C2. The van der Waals surface area contributed by atoms with Crippen molar-refractivity contribution in [3.8, 4) is 0 Å². The second kappa shape index (κ2) is 6.92. The summed E-state index contributed by atoms with van der Waals surface area (Å²) in [5.41, 5.74) is 4.12. The highest BCUT2D eigenvalue weighted by atomic mass is 16.5. The fraction of sp³-hybridized carbons (Fsp3) is 0.545. The van der Waals surface area contributed by atoms with E-state index in [1.165, 1.54) is 12.8 Å². The first kappa shape index (κ1) is 17.7. The third-order valence-corrected chi connectivity index (χ3v) is 6.60. The van der Waals surface area contributed by atoms with Gasteiger partial charge in [0, 0.05) is 37.4 Å². The van der Waals surface area contributed by atoms with Crippen LogP contribution in [0.1, 0.15) is 62.3 Å².